The maximum absolute atomic E-state index is 13.2. The van der Waals surface area contributed by atoms with Gasteiger partial charge in [-0.1, -0.05) is 59.6 Å². The van der Waals surface area contributed by atoms with Gasteiger partial charge in [-0.2, -0.15) is 0 Å². The van der Waals surface area contributed by atoms with E-state index in [0.717, 1.165) is 5.56 Å². The number of halogens is 2. The quantitative estimate of drug-likeness (QED) is 0.697. The van der Waals surface area contributed by atoms with E-state index < -0.39 is 5.41 Å². The van der Waals surface area contributed by atoms with Crippen LogP contribution in [0.2, 0.25) is 10.0 Å². The van der Waals surface area contributed by atoms with Crippen LogP contribution in [0.1, 0.15) is 30.9 Å². The van der Waals surface area contributed by atoms with Crippen molar-refractivity contribution in [3.63, 3.8) is 0 Å². The number of carbonyl (C=O) groups is 2. The summed E-state index contributed by atoms with van der Waals surface area (Å²) in [6, 6.07) is 14.7. The predicted octanol–water partition coefficient (Wildman–Crippen LogP) is 4.62. The highest BCUT2D eigenvalue weighted by molar-refractivity contribution is 6.35. The maximum Gasteiger partial charge on any atom is 0.317 e. The van der Waals surface area contributed by atoms with Crippen LogP contribution in [0.3, 0.4) is 0 Å². The number of hydrogen-bond donors (Lipinski definition) is 0. The summed E-state index contributed by atoms with van der Waals surface area (Å²) in [4.78, 5) is 26.6. The van der Waals surface area contributed by atoms with Gasteiger partial charge in [-0.15, -0.1) is 0 Å². The van der Waals surface area contributed by atoms with Crippen molar-refractivity contribution in [3.05, 3.63) is 69.7 Å². The molecule has 142 valence electrons. The highest BCUT2D eigenvalue weighted by Gasteiger charge is 2.44. The smallest absolute Gasteiger partial charge is 0.317 e. The van der Waals surface area contributed by atoms with E-state index in [-0.39, 0.29) is 18.5 Å². The predicted molar refractivity (Wildman–Crippen MR) is 106 cm³/mol. The van der Waals surface area contributed by atoms with Crippen LogP contribution < -0.4 is 0 Å². The number of rotatable bonds is 4. The first-order chi connectivity index (χ1) is 12.9. The molecule has 1 aliphatic heterocycles. The number of piperidine rings is 1. The summed E-state index contributed by atoms with van der Waals surface area (Å²) < 4.78 is 5.67. The first-order valence-electron chi connectivity index (χ1n) is 8.84. The van der Waals surface area contributed by atoms with E-state index in [9.17, 15) is 9.59 Å². The van der Waals surface area contributed by atoms with Gasteiger partial charge < -0.3 is 9.64 Å². The molecule has 2 aromatic carbocycles. The van der Waals surface area contributed by atoms with E-state index in [1.54, 1.807) is 30.0 Å². The van der Waals surface area contributed by atoms with Gasteiger partial charge in [-0.25, -0.2) is 0 Å². The van der Waals surface area contributed by atoms with E-state index in [0.29, 0.717) is 41.5 Å². The van der Waals surface area contributed by atoms with Gasteiger partial charge in [0.2, 0.25) is 5.91 Å². The molecule has 1 heterocycles. The summed E-state index contributed by atoms with van der Waals surface area (Å²) in [6.07, 6.45) is 1.06. The van der Waals surface area contributed by atoms with Crippen LogP contribution in [-0.2, 0) is 26.3 Å². The number of amides is 1. The Balaban J connectivity index is 1.81. The van der Waals surface area contributed by atoms with Gasteiger partial charge in [0.1, 0.15) is 6.61 Å². The summed E-state index contributed by atoms with van der Waals surface area (Å²) >= 11 is 12.1. The molecule has 0 aliphatic carbocycles. The van der Waals surface area contributed by atoms with E-state index in [1.165, 1.54) is 0 Å². The van der Waals surface area contributed by atoms with E-state index >= 15 is 0 Å². The van der Waals surface area contributed by atoms with E-state index in [1.807, 2.05) is 30.3 Å². The Kier molecular flexibility index (Phi) is 6.08. The molecule has 2 aromatic rings. The minimum absolute atomic E-state index is 0.0259. The minimum atomic E-state index is -0.758. The molecule has 0 bridgehead atoms. The Hall–Kier alpha value is -2.04. The molecule has 1 fully saturated rings. The lowest BCUT2D eigenvalue weighted by molar-refractivity contribution is -0.155. The Bertz CT molecular complexity index is 831. The molecular weight excluding hydrogens is 385 g/mol. The molecule has 1 saturated heterocycles. The molecule has 0 spiro atoms. The summed E-state index contributed by atoms with van der Waals surface area (Å²) in [7, 11) is 0. The van der Waals surface area contributed by atoms with Crippen LogP contribution in [0.25, 0.3) is 0 Å². The van der Waals surface area contributed by atoms with Crippen LogP contribution in [-0.4, -0.2) is 29.9 Å². The third-order valence-electron chi connectivity index (χ3n) is 5.15. The van der Waals surface area contributed by atoms with Crippen LogP contribution in [0.5, 0.6) is 0 Å². The second-order valence-corrected chi connectivity index (χ2v) is 7.61. The molecule has 0 N–H and O–H groups in total. The van der Waals surface area contributed by atoms with Gasteiger partial charge in [-0.05, 0) is 30.5 Å². The topological polar surface area (TPSA) is 46.6 Å². The molecule has 0 saturated carbocycles. The fourth-order valence-electron chi connectivity index (χ4n) is 3.49. The third-order valence-corrected chi connectivity index (χ3v) is 5.74. The van der Waals surface area contributed by atoms with Gasteiger partial charge >= 0.3 is 5.97 Å². The Labute approximate surface area is 169 Å². The fraction of sp³-hybridized carbons (Fsp3) is 0.333. The van der Waals surface area contributed by atoms with Gasteiger partial charge in [-0.3, -0.25) is 9.59 Å². The number of carbonyl (C=O) groups excluding carboxylic acids is 2. The second kappa shape index (κ2) is 8.32. The number of likely N-dealkylation sites (tertiary alicyclic amines) is 1. The number of ether oxygens (including phenoxy) is 1. The lowest BCUT2D eigenvalue weighted by atomic mass is 9.72. The normalized spacial score (nSPS) is 16.0. The lowest BCUT2D eigenvalue weighted by Gasteiger charge is -2.40. The standard InChI is InChI=1S/C21H21Cl2NO3/c1-15(25)24-11-9-21(10-12-24,17-5-3-2-4-6-17)20(26)27-14-16-7-8-18(22)13-19(16)23/h2-8,13H,9-12,14H2,1H3. The minimum Gasteiger partial charge on any atom is -0.460 e. The van der Waals surface area contributed by atoms with Crippen molar-refractivity contribution in [3.8, 4) is 0 Å². The molecule has 4 nitrogen and oxygen atoms in total. The Morgan fingerprint density at radius 1 is 1.07 bits per heavy atom. The molecule has 0 unspecified atom stereocenters. The molecule has 0 aromatic heterocycles. The van der Waals surface area contributed by atoms with E-state index in [2.05, 4.69) is 0 Å². The number of nitrogens with zero attached hydrogens (tertiary/aromatic N) is 1. The summed E-state index contributed by atoms with van der Waals surface area (Å²) in [6.45, 7) is 2.69. The molecule has 6 heteroatoms. The van der Waals surface area contributed by atoms with Crippen molar-refractivity contribution in [1.29, 1.82) is 0 Å². The largest absolute Gasteiger partial charge is 0.460 e. The number of esters is 1. The lowest BCUT2D eigenvalue weighted by Crippen LogP contribution is -2.49. The molecule has 0 radical (unpaired) electrons. The molecule has 0 atom stereocenters. The van der Waals surface area contributed by atoms with Crippen molar-refractivity contribution < 1.29 is 14.3 Å². The van der Waals surface area contributed by atoms with Crippen molar-refractivity contribution in [1.82, 2.24) is 4.90 Å². The summed E-state index contributed by atoms with van der Waals surface area (Å²) in [5.41, 5.74) is 0.866. The van der Waals surface area contributed by atoms with Crippen molar-refractivity contribution in [2.45, 2.75) is 31.8 Å². The first kappa shape index (κ1) is 19.7. The van der Waals surface area contributed by atoms with Crippen LogP contribution in [0, 0.1) is 0 Å². The van der Waals surface area contributed by atoms with Crippen LogP contribution >= 0.6 is 23.2 Å². The monoisotopic (exact) mass is 405 g/mol. The zero-order valence-electron chi connectivity index (χ0n) is 15.1. The summed E-state index contributed by atoms with van der Waals surface area (Å²) in [5, 5.41) is 1.00. The number of benzene rings is 2. The van der Waals surface area contributed by atoms with Crippen molar-refractivity contribution >= 4 is 35.1 Å². The van der Waals surface area contributed by atoms with Crippen molar-refractivity contribution in [2.75, 3.05) is 13.1 Å². The molecule has 1 aliphatic rings. The average Bonchev–Trinajstić information content (AvgIpc) is 2.67. The van der Waals surface area contributed by atoms with Gasteiger partial charge in [0, 0.05) is 35.6 Å². The Morgan fingerprint density at radius 2 is 1.74 bits per heavy atom. The fourth-order valence-corrected chi connectivity index (χ4v) is 3.95. The zero-order chi connectivity index (χ0) is 19.4. The molecular formula is C21H21Cl2NO3. The van der Waals surface area contributed by atoms with E-state index in [4.69, 9.17) is 27.9 Å². The SMILES string of the molecule is CC(=O)N1CCC(C(=O)OCc2ccc(Cl)cc2Cl)(c2ccccc2)CC1. The van der Waals surface area contributed by atoms with Crippen LogP contribution in [0.15, 0.2) is 48.5 Å². The van der Waals surface area contributed by atoms with Crippen molar-refractivity contribution in [2.24, 2.45) is 0 Å². The average molecular weight is 406 g/mol. The molecule has 1 amide bonds. The van der Waals surface area contributed by atoms with Gasteiger partial charge in [0.15, 0.2) is 0 Å². The van der Waals surface area contributed by atoms with Crippen LogP contribution in [0.4, 0.5) is 0 Å². The molecule has 27 heavy (non-hydrogen) atoms. The molecule has 3 rings (SSSR count). The number of hydrogen-bond acceptors (Lipinski definition) is 3. The van der Waals surface area contributed by atoms with Gasteiger partial charge in [0.05, 0.1) is 5.41 Å². The highest BCUT2D eigenvalue weighted by atomic mass is 35.5. The maximum atomic E-state index is 13.2. The summed E-state index contributed by atoms with van der Waals surface area (Å²) in [5.74, 6) is -0.263. The Morgan fingerprint density at radius 3 is 2.33 bits per heavy atom. The second-order valence-electron chi connectivity index (χ2n) is 6.77. The van der Waals surface area contributed by atoms with Gasteiger partial charge in [0.25, 0.3) is 0 Å². The first-order valence-corrected chi connectivity index (χ1v) is 9.60. The highest BCUT2D eigenvalue weighted by Crippen LogP contribution is 2.37. The zero-order valence-corrected chi connectivity index (χ0v) is 16.6. The third kappa shape index (κ3) is 4.28.